The summed E-state index contributed by atoms with van der Waals surface area (Å²) >= 11 is 12.0. The molecule has 0 saturated carbocycles. The number of nitrogens with one attached hydrogen (secondary N) is 2. The smallest absolute Gasteiger partial charge is 0.407 e. The van der Waals surface area contributed by atoms with Crippen LogP contribution in [-0.4, -0.2) is 29.3 Å². The van der Waals surface area contributed by atoms with Crippen molar-refractivity contribution in [3.8, 4) is 6.07 Å². The predicted octanol–water partition coefficient (Wildman–Crippen LogP) is 5.70. The zero-order valence-electron chi connectivity index (χ0n) is 21.7. The average Bonchev–Trinajstić information content (AvgIpc) is 2.75. The van der Waals surface area contributed by atoms with Gasteiger partial charge in [-0.3, -0.25) is 4.79 Å². The number of primary amides is 1. The van der Waals surface area contributed by atoms with Crippen LogP contribution in [0.15, 0.2) is 36.4 Å². The van der Waals surface area contributed by atoms with Crippen LogP contribution < -0.4 is 16.4 Å². The highest BCUT2D eigenvalue weighted by molar-refractivity contribution is 6.32. The van der Waals surface area contributed by atoms with Crippen molar-refractivity contribution < 1.29 is 23.9 Å². The van der Waals surface area contributed by atoms with E-state index in [1.54, 1.807) is 71.9 Å². The van der Waals surface area contributed by atoms with Crippen LogP contribution in [0.25, 0.3) is 0 Å². The second-order valence-electron chi connectivity index (χ2n) is 9.80. The van der Waals surface area contributed by atoms with Crippen molar-refractivity contribution in [1.82, 2.24) is 10.6 Å². The van der Waals surface area contributed by atoms with Gasteiger partial charge in [0.15, 0.2) is 0 Å². The van der Waals surface area contributed by atoms with E-state index in [0.29, 0.717) is 26.7 Å². The highest BCUT2D eigenvalue weighted by atomic mass is 35.5. The molecule has 2 aromatic carbocycles. The number of carbonyl (C=O) groups excluding carboxylic acids is 3. The molecular formula is C26H32Cl2N4O5. The number of hydrogen-bond donors (Lipinski definition) is 3. The van der Waals surface area contributed by atoms with Crippen LogP contribution in [-0.2, 0) is 22.6 Å². The number of amides is 3. The molecule has 0 aliphatic heterocycles. The van der Waals surface area contributed by atoms with Crippen molar-refractivity contribution in [2.75, 3.05) is 0 Å². The van der Waals surface area contributed by atoms with E-state index in [1.807, 2.05) is 6.07 Å². The van der Waals surface area contributed by atoms with Gasteiger partial charge in [-0.1, -0.05) is 35.3 Å². The average molecular weight is 551 g/mol. The Kier molecular flexibility index (Phi) is 11.7. The minimum atomic E-state index is -0.552. The normalized spacial score (nSPS) is 10.8. The number of nitrogens with two attached hydrogens (primary N) is 1. The molecule has 11 heteroatoms. The van der Waals surface area contributed by atoms with E-state index >= 15 is 0 Å². The second-order valence-corrected chi connectivity index (χ2v) is 10.6. The fourth-order valence-electron chi connectivity index (χ4n) is 2.57. The lowest BCUT2D eigenvalue weighted by atomic mass is 10.1. The van der Waals surface area contributed by atoms with Crippen molar-refractivity contribution in [1.29, 1.82) is 5.26 Å². The van der Waals surface area contributed by atoms with Gasteiger partial charge in [-0.2, -0.15) is 5.26 Å². The van der Waals surface area contributed by atoms with Gasteiger partial charge in [0.05, 0.1) is 11.6 Å². The molecule has 200 valence electrons. The van der Waals surface area contributed by atoms with Crippen LogP contribution >= 0.6 is 23.2 Å². The number of nitrogens with zero attached hydrogens (tertiary/aromatic N) is 1. The zero-order valence-corrected chi connectivity index (χ0v) is 23.2. The van der Waals surface area contributed by atoms with Crippen molar-refractivity contribution in [2.24, 2.45) is 5.73 Å². The number of hydrogen-bond acceptors (Lipinski definition) is 6. The summed E-state index contributed by atoms with van der Waals surface area (Å²) in [7, 11) is 0. The van der Waals surface area contributed by atoms with Gasteiger partial charge >= 0.3 is 12.2 Å². The van der Waals surface area contributed by atoms with Gasteiger partial charge in [0, 0.05) is 28.7 Å². The first kappa shape index (κ1) is 31.5. The molecule has 37 heavy (non-hydrogen) atoms. The number of benzene rings is 2. The molecule has 0 saturated heterocycles. The maximum atomic E-state index is 11.5. The Morgan fingerprint density at radius 2 is 1.27 bits per heavy atom. The van der Waals surface area contributed by atoms with E-state index in [2.05, 4.69) is 10.6 Å². The van der Waals surface area contributed by atoms with Crippen LogP contribution in [0.2, 0.25) is 10.0 Å². The molecule has 0 aromatic heterocycles. The van der Waals surface area contributed by atoms with Gasteiger partial charge in [0.25, 0.3) is 0 Å². The van der Waals surface area contributed by atoms with Gasteiger partial charge < -0.3 is 25.8 Å². The quantitative estimate of drug-likeness (QED) is 0.435. The third kappa shape index (κ3) is 12.9. The summed E-state index contributed by atoms with van der Waals surface area (Å²) < 4.78 is 10.2. The minimum Gasteiger partial charge on any atom is -0.444 e. The maximum Gasteiger partial charge on any atom is 0.407 e. The molecule has 0 atom stereocenters. The van der Waals surface area contributed by atoms with Crippen LogP contribution in [0, 0.1) is 11.3 Å². The molecule has 9 nitrogen and oxygen atoms in total. The van der Waals surface area contributed by atoms with E-state index in [4.69, 9.17) is 43.7 Å². The molecule has 0 heterocycles. The Bertz CT molecular complexity index is 1170. The number of alkyl carbamates (subject to hydrolysis) is 2. The van der Waals surface area contributed by atoms with Crippen LogP contribution in [0.3, 0.4) is 0 Å². The summed E-state index contributed by atoms with van der Waals surface area (Å²) in [6, 6.07) is 11.6. The second kappa shape index (κ2) is 13.7. The van der Waals surface area contributed by atoms with Gasteiger partial charge in [-0.25, -0.2) is 9.59 Å². The molecule has 4 N–H and O–H groups in total. The highest BCUT2D eigenvalue weighted by Gasteiger charge is 2.17. The summed E-state index contributed by atoms with van der Waals surface area (Å²) in [4.78, 5) is 33.9. The fraction of sp³-hybridized carbons (Fsp3) is 0.385. The van der Waals surface area contributed by atoms with Gasteiger partial charge in [-0.05, 0) is 76.9 Å². The summed E-state index contributed by atoms with van der Waals surface area (Å²) in [5.41, 5.74) is 6.28. The Hall–Kier alpha value is -3.48. The molecule has 2 aromatic rings. The van der Waals surface area contributed by atoms with Gasteiger partial charge in [0.2, 0.25) is 5.91 Å². The first-order valence-electron chi connectivity index (χ1n) is 11.2. The first-order chi connectivity index (χ1) is 17.0. The molecule has 0 spiro atoms. The standard InChI is InChI=1S/C13H17ClN2O3.C13H15ClN2O2/c1-13(2,3)19-12(18)16-7-9-5-4-8(11(15)17)6-10(9)14;1-13(2,3)18-12(17)16-8-10-5-4-9(7-15)6-11(10)14/h4-6H,7H2,1-3H3,(H2,15,17)(H,16,18);4-6H,8H2,1-3H3,(H,16,17). The third-order valence-corrected chi connectivity index (χ3v) is 4.87. The first-order valence-corrected chi connectivity index (χ1v) is 12.0. The number of nitriles is 1. The number of ether oxygens (including phenoxy) is 2. The summed E-state index contributed by atoms with van der Waals surface area (Å²) in [6.45, 7) is 11.2. The molecule has 2 rings (SSSR count). The highest BCUT2D eigenvalue weighted by Crippen LogP contribution is 2.19. The van der Waals surface area contributed by atoms with Crippen molar-refractivity contribution >= 4 is 41.3 Å². The molecule has 0 aliphatic carbocycles. The Balaban J connectivity index is 0.000000371. The number of rotatable bonds is 5. The lowest BCUT2D eigenvalue weighted by Gasteiger charge is -2.19. The predicted molar refractivity (Wildman–Crippen MR) is 142 cm³/mol. The minimum absolute atomic E-state index is 0.215. The van der Waals surface area contributed by atoms with E-state index in [-0.39, 0.29) is 13.1 Å². The molecule has 0 unspecified atom stereocenters. The molecule has 0 fully saturated rings. The Morgan fingerprint density at radius 3 is 1.62 bits per heavy atom. The molecule has 3 amide bonds. The molecule has 0 aliphatic rings. The number of halogens is 2. The summed E-state index contributed by atoms with van der Waals surface area (Å²) in [5.74, 6) is -0.548. The SMILES string of the molecule is CC(C)(C)OC(=O)NCc1ccc(C#N)cc1Cl.CC(C)(C)OC(=O)NCc1ccc(C(N)=O)cc1Cl. The van der Waals surface area contributed by atoms with Crippen molar-refractivity contribution in [3.63, 3.8) is 0 Å². The van der Waals surface area contributed by atoms with E-state index in [1.165, 1.54) is 6.07 Å². The Morgan fingerprint density at radius 1 is 0.838 bits per heavy atom. The van der Waals surface area contributed by atoms with Crippen molar-refractivity contribution in [2.45, 2.75) is 65.8 Å². The number of carbonyl (C=O) groups is 3. The lowest BCUT2D eigenvalue weighted by molar-refractivity contribution is 0.0512. The van der Waals surface area contributed by atoms with E-state index in [9.17, 15) is 14.4 Å². The van der Waals surface area contributed by atoms with Gasteiger partial charge in [-0.15, -0.1) is 0 Å². The molecule has 0 radical (unpaired) electrons. The fourth-order valence-corrected chi connectivity index (χ4v) is 3.06. The molecule has 0 bridgehead atoms. The molecular weight excluding hydrogens is 519 g/mol. The van der Waals surface area contributed by atoms with Crippen LogP contribution in [0.1, 0.15) is 68.6 Å². The lowest BCUT2D eigenvalue weighted by Crippen LogP contribution is -2.32. The summed E-state index contributed by atoms with van der Waals surface area (Å²) in [5, 5.41) is 14.7. The maximum absolute atomic E-state index is 11.5. The van der Waals surface area contributed by atoms with Gasteiger partial charge in [0.1, 0.15) is 11.2 Å². The topological polar surface area (TPSA) is 144 Å². The van der Waals surface area contributed by atoms with E-state index in [0.717, 1.165) is 5.56 Å². The van der Waals surface area contributed by atoms with Crippen LogP contribution in [0.5, 0.6) is 0 Å². The van der Waals surface area contributed by atoms with Crippen molar-refractivity contribution in [3.05, 3.63) is 68.7 Å². The summed E-state index contributed by atoms with van der Waals surface area (Å²) in [6.07, 6.45) is -1.02. The van der Waals surface area contributed by atoms with E-state index < -0.39 is 29.3 Å². The van der Waals surface area contributed by atoms with Crippen LogP contribution in [0.4, 0.5) is 9.59 Å². The Labute approximate surface area is 227 Å². The zero-order chi connectivity index (χ0) is 28.4. The third-order valence-electron chi connectivity index (χ3n) is 4.16. The monoisotopic (exact) mass is 550 g/mol. The largest absolute Gasteiger partial charge is 0.444 e.